The molecule has 1 unspecified atom stereocenters. The molecule has 0 radical (unpaired) electrons. The lowest BCUT2D eigenvalue weighted by Gasteiger charge is -2.21. The molecule has 0 bridgehead atoms. The molecule has 6 heteroatoms. The normalized spacial score (nSPS) is 12.9. The Balaban J connectivity index is 0.00000441. The molecule has 0 saturated carbocycles. The first-order valence-electron chi connectivity index (χ1n) is 7.91. The molecule has 128 valence electrons. The highest BCUT2D eigenvalue weighted by Crippen LogP contribution is 2.07. The average Bonchev–Trinajstić information content (AvgIpc) is 3.01. The minimum absolute atomic E-state index is 0. The van der Waals surface area contributed by atoms with E-state index >= 15 is 0 Å². The Morgan fingerprint density at radius 1 is 1.36 bits per heavy atom. The third kappa shape index (κ3) is 8.95. The second-order valence-corrected chi connectivity index (χ2v) is 6.25. The zero-order valence-electron chi connectivity index (χ0n) is 14.3. The molecule has 1 aromatic rings. The van der Waals surface area contributed by atoms with Crippen molar-refractivity contribution in [3.8, 4) is 0 Å². The highest BCUT2D eigenvalue weighted by Gasteiger charge is 2.06. The van der Waals surface area contributed by atoms with E-state index in [1.54, 1.807) is 11.3 Å². The number of aliphatic imine (C=N–C) groups is 1. The van der Waals surface area contributed by atoms with Crippen molar-refractivity contribution < 1.29 is 0 Å². The number of guanidine groups is 1. The molecule has 0 amide bonds. The van der Waals surface area contributed by atoms with Crippen LogP contribution in [0.25, 0.3) is 0 Å². The van der Waals surface area contributed by atoms with E-state index in [2.05, 4.69) is 58.8 Å². The molecule has 22 heavy (non-hydrogen) atoms. The van der Waals surface area contributed by atoms with Gasteiger partial charge in [-0.1, -0.05) is 19.9 Å². The Hall–Kier alpha value is -0.340. The second kappa shape index (κ2) is 13.1. The Morgan fingerprint density at radius 2 is 2.09 bits per heavy atom. The van der Waals surface area contributed by atoms with E-state index < -0.39 is 0 Å². The Bertz CT molecular complexity index is 391. The van der Waals surface area contributed by atoms with Gasteiger partial charge < -0.3 is 15.5 Å². The van der Waals surface area contributed by atoms with Gasteiger partial charge in [0.05, 0.1) is 6.54 Å². The molecular formula is C16H31IN4S. The number of hydrogen-bond donors (Lipinski definition) is 2. The SMILES string of the molecule is CCN(CC)CCCC(C)NC(=NC)NCc1cccs1.I. The molecule has 0 saturated heterocycles. The smallest absolute Gasteiger partial charge is 0.191 e. The maximum atomic E-state index is 4.29. The summed E-state index contributed by atoms with van der Waals surface area (Å²) in [6.45, 7) is 11.0. The van der Waals surface area contributed by atoms with E-state index in [4.69, 9.17) is 0 Å². The summed E-state index contributed by atoms with van der Waals surface area (Å²) in [6, 6.07) is 4.65. The molecule has 0 spiro atoms. The molecule has 1 rings (SSSR count). The molecule has 4 nitrogen and oxygen atoms in total. The van der Waals surface area contributed by atoms with Crippen LogP contribution in [0.15, 0.2) is 22.5 Å². The van der Waals surface area contributed by atoms with Gasteiger partial charge >= 0.3 is 0 Å². The van der Waals surface area contributed by atoms with E-state index in [1.165, 1.54) is 17.8 Å². The average molecular weight is 438 g/mol. The van der Waals surface area contributed by atoms with Crippen molar-refractivity contribution in [1.82, 2.24) is 15.5 Å². The van der Waals surface area contributed by atoms with Crippen molar-refractivity contribution in [2.45, 2.75) is 46.2 Å². The summed E-state index contributed by atoms with van der Waals surface area (Å²) < 4.78 is 0. The predicted octanol–water partition coefficient (Wildman–Crippen LogP) is 3.54. The Morgan fingerprint density at radius 3 is 2.64 bits per heavy atom. The summed E-state index contributed by atoms with van der Waals surface area (Å²) in [5.74, 6) is 0.888. The van der Waals surface area contributed by atoms with Crippen molar-refractivity contribution in [2.75, 3.05) is 26.7 Å². The van der Waals surface area contributed by atoms with Gasteiger partial charge in [0, 0.05) is 18.0 Å². The van der Waals surface area contributed by atoms with Gasteiger partial charge in [0.1, 0.15) is 0 Å². The first-order valence-corrected chi connectivity index (χ1v) is 8.79. The fourth-order valence-corrected chi connectivity index (χ4v) is 2.89. The van der Waals surface area contributed by atoms with E-state index in [0.29, 0.717) is 6.04 Å². The maximum absolute atomic E-state index is 4.29. The van der Waals surface area contributed by atoms with Crippen LogP contribution in [0, 0.1) is 0 Å². The van der Waals surface area contributed by atoms with E-state index in [1.807, 2.05) is 7.05 Å². The maximum Gasteiger partial charge on any atom is 0.191 e. The largest absolute Gasteiger partial charge is 0.354 e. The molecule has 2 N–H and O–H groups in total. The number of hydrogen-bond acceptors (Lipinski definition) is 3. The standard InChI is InChI=1S/C16H30N4S.HI/c1-5-20(6-2)11-7-9-14(3)19-16(17-4)18-13-15-10-8-12-21-15;/h8,10,12,14H,5-7,9,11,13H2,1-4H3,(H2,17,18,19);1H. The van der Waals surface area contributed by atoms with E-state index in [0.717, 1.165) is 32.0 Å². The monoisotopic (exact) mass is 438 g/mol. The predicted molar refractivity (Wildman–Crippen MR) is 110 cm³/mol. The minimum Gasteiger partial charge on any atom is -0.354 e. The van der Waals surface area contributed by atoms with Crippen molar-refractivity contribution >= 4 is 41.3 Å². The number of nitrogens with zero attached hydrogens (tertiary/aromatic N) is 2. The van der Waals surface area contributed by atoms with Crippen LogP contribution < -0.4 is 10.6 Å². The first-order chi connectivity index (χ1) is 10.2. The van der Waals surface area contributed by atoms with E-state index in [9.17, 15) is 0 Å². The highest BCUT2D eigenvalue weighted by atomic mass is 127. The molecular weight excluding hydrogens is 407 g/mol. The van der Waals surface area contributed by atoms with Crippen molar-refractivity contribution in [3.05, 3.63) is 22.4 Å². The molecule has 0 aliphatic carbocycles. The molecule has 1 heterocycles. The minimum atomic E-state index is 0. The van der Waals surface area contributed by atoms with Crippen LogP contribution in [0.4, 0.5) is 0 Å². The lowest BCUT2D eigenvalue weighted by molar-refractivity contribution is 0.292. The summed E-state index contributed by atoms with van der Waals surface area (Å²) in [5.41, 5.74) is 0. The van der Waals surface area contributed by atoms with Crippen LogP contribution in [0.2, 0.25) is 0 Å². The van der Waals surface area contributed by atoms with Gasteiger partial charge in [-0.05, 0) is 50.8 Å². The van der Waals surface area contributed by atoms with Crippen LogP contribution in [-0.4, -0.2) is 43.6 Å². The summed E-state index contributed by atoms with van der Waals surface area (Å²) in [6.07, 6.45) is 2.38. The quantitative estimate of drug-likeness (QED) is 0.352. The molecule has 1 aromatic heterocycles. The molecule has 0 aromatic carbocycles. The lowest BCUT2D eigenvalue weighted by Crippen LogP contribution is -2.42. The third-order valence-corrected chi connectivity index (χ3v) is 4.50. The topological polar surface area (TPSA) is 39.7 Å². The third-order valence-electron chi connectivity index (χ3n) is 3.62. The molecule has 0 aliphatic rings. The Labute approximate surface area is 156 Å². The number of rotatable bonds is 9. The molecule has 1 atom stereocenters. The zero-order valence-corrected chi connectivity index (χ0v) is 17.4. The fraction of sp³-hybridized carbons (Fsp3) is 0.688. The summed E-state index contributed by atoms with van der Waals surface area (Å²) in [7, 11) is 1.83. The number of thiophene rings is 1. The zero-order chi connectivity index (χ0) is 15.5. The van der Waals surface area contributed by atoms with Gasteiger partial charge in [-0.15, -0.1) is 35.3 Å². The summed E-state index contributed by atoms with van der Waals surface area (Å²) in [5, 5.41) is 8.93. The summed E-state index contributed by atoms with van der Waals surface area (Å²) in [4.78, 5) is 8.09. The van der Waals surface area contributed by atoms with Gasteiger partial charge in [-0.25, -0.2) is 0 Å². The second-order valence-electron chi connectivity index (χ2n) is 5.22. The van der Waals surface area contributed by atoms with Crippen LogP contribution >= 0.6 is 35.3 Å². The molecule has 0 aliphatic heterocycles. The van der Waals surface area contributed by atoms with E-state index in [-0.39, 0.29) is 24.0 Å². The number of nitrogens with one attached hydrogen (secondary N) is 2. The van der Waals surface area contributed by atoms with Gasteiger partial charge in [-0.2, -0.15) is 0 Å². The summed E-state index contributed by atoms with van der Waals surface area (Å²) >= 11 is 1.77. The highest BCUT2D eigenvalue weighted by molar-refractivity contribution is 14.0. The van der Waals surface area contributed by atoms with Gasteiger partial charge in [0.15, 0.2) is 5.96 Å². The van der Waals surface area contributed by atoms with Gasteiger partial charge in [0.2, 0.25) is 0 Å². The van der Waals surface area contributed by atoms with Crippen LogP contribution in [0.1, 0.15) is 38.5 Å². The van der Waals surface area contributed by atoms with Crippen LogP contribution in [-0.2, 0) is 6.54 Å². The first kappa shape index (κ1) is 21.7. The van der Waals surface area contributed by atoms with Gasteiger partial charge in [0.25, 0.3) is 0 Å². The Kier molecular flexibility index (Phi) is 12.9. The lowest BCUT2D eigenvalue weighted by atomic mass is 10.2. The van der Waals surface area contributed by atoms with Crippen molar-refractivity contribution in [1.29, 1.82) is 0 Å². The fourth-order valence-electron chi connectivity index (χ4n) is 2.25. The van der Waals surface area contributed by atoms with Gasteiger partial charge in [-0.3, -0.25) is 4.99 Å². The van der Waals surface area contributed by atoms with Crippen molar-refractivity contribution in [2.24, 2.45) is 4.99 Å². The van der Waals surface area contributed by atoms with Crippen molar-refractivity contribution in [3.63, 3.8) is 0 Å². The van der Waals surface area contributed by atoms with Crippen LogP contribution in [0.5, 0.6) is 0 Å². The van der Waals surface area contributed by atoms with Crippen LogP contribution in [0.3, 0.4) is 0 Å². The number of halogens is 1. The molecule has 0 fully saturated rings.